The summed E-state index contributed by atoms with van der Waals surface area (Å²) in [6.07, 6.45) is 11.5. The second kappa shape index (κ2) is 7.64. The molecule has 1 fully saturated rings. The molecule has 6 heteroatoms. The zero-order valence-corrected chi connectivity index (χ0v) is 14.8. The lowest BCUT2D eigenvalue weighted by Gasteiger charge is -2.35. The molecule has 1 saturated heterocycles. The highest BCUT2D eigenvalue weighted by atomic mass is 16.2. The van der Waals surface area contributed by atoms with E-state index in [2.05, 4.69) is 26.1 Å². The van der Waals surface area contributed by atoms with Gasteiger partial charge in [0.1, 0.15) is 0 Å². The van der Waals surface area contributed by atoms with Gasteiger partial charge in [0.15, 0.2) is 5.82 Å². The van der Waals surface area contributed by atoms with Crippen molar-refractivity contribution in [1.29, 1.82) is 0 Å². The Labute approximate surface area is 153 Å². The summed E-state index contributed by atoms with van der Waals surface area (Å²) in [6, 6.07) is 5.99. The number of pyridine rings is 1. The van der Waals surface area contributed by atoms with Crippen LogP contribution < -0.4 is 4.90 Å². The Morgan fingerprint density at radius 2 is 1.92 bits per heavy atom. The molecule has 0 unspecified atom stereocenters. The van der Waals surface area contributed by atoms with Crippen molar-refractivity contribution in [1.82, 2.24) is 20.1 Å². The van der Waals surface area contributed by atoms with Gasteiger partial charge in [-0.3, -0.25) is 9.78 Å². The number of hydrogen-bond donors (Lipinski definition) is 0. The monoisotopic (exact) mass is 349 g/mol. The summed E-state index contributed by atoms with van der Waals surface area (Å²) in [5, 5.41) is 8.84. The molecule has 0 saturated carbocycles. The lowest BCUT2D eigenvalue weighted by molar-refractivity contribution is -0.126. The number of anilines is 1. The van der Waals surface area contributed by atoms with Gasteiger partial charge in [-0.25, -0.2) is 0 Å². The van der Waals surface area contributed by atoms with E-state index >= 15 is 0 Å². The van der Waals surface area contributed by atoms with Crippen LogP contribution in [0.3, 0.4) is 0 Å². The molecule has 4 rings (SSSR count). The van der Waals surface area contributed by atoms with E-state index in [1.54, 1.807) is 18.5 Å². The summed E-state index contributed by atoms with van der Waals surface area (Å²) < 4.78 is 0. The van der Waals surface area contributed by atoms with Gasteiger partial charge in [0.05, 0.1) is 5.69 Å². The third kappa shape index (κ3) is 3.74. The molecule has 2 aromatic rings. The molecule has 3 heterocycles. The summed E-state index contributed by atoms with van der Waals surface area (Å²) >= 11 is 0. The Balaban J connectivity index is 1.35. The van der Waals surface area contributed by atoms with Gasteiger partial charge >= 0.3 is 0 Å². The molecule has 2 aromatic heterocycles. The van der Waals surface area contributed by atoms with Crippen LogP contribution in [0.4, 0.5) is 5.82 Å². The molecular formula is C20H23N5O. The van der Waals surface area contributed by atoms with E-state index in [4.69, 9.17) is 0 Å². The first-order valence-corrected chi connectivity index (χ1v) is 9.27. The van der Waals surface area contributed by atoms with Gasteiger partial charge in [0.2, 0.25) is 5.91 Å². The van der Waals surface area contributed by atoms with Gasteiger partial charge in [-0.1, -0.05) is 6.07 Å². The standard InChI is InChI=1S/C20H23N5O/c26-20(8-7-16-4-3-9-21-15-16)25-12-10-24(11-13-25)19-14-17-5-1-2-6-18(17)22-23-19/h3-4,7-9,14-15H,1-2,5-6,10-13H2. The number of carbonyl (C=O) groups excluding carboxylic acids is 1. The molecule has 0 spiro atoms. The third-order valence-corrected chi connectivity index (χ3v) is 5.07. The Bertz CT molecular complexity index is 797. The van der Waals surface area contributed by atoms with Gasteiger partial charge in [-0.05, 0) is 55.0 Å². The molecule has 134 valence electrons. The van der Waals surface area contributed by atoms with Gasteiger partial charge in [0.25, 0.3) is 0 Å². The second-order valence-electron chi connectivity index (χ2n) is 6.81. The molecule has 0 N–H and O–H groups in total. The number of aromatic nitrogens is 3. The lowest BCUT2D eigenvalue weighted by atomic mass is 9.97. The molecule has 1 amide bonds. The van der Waals surface area contributed by atoms with Crippen molar-refractivity contribution in [2.75, 3.05) is 31.1 Å². The smallest absolute Gasteiger partial charge is 0.246 e. The largest absolute Gasteiger partial charge is 0.352 e. The molecule has 0 aromatic carbocycles. The first kappa shape index (κ1) is 16.7. The first-order chi connectivity index (χ1) is 12.8. The van der Waals surface area contributed by atoms with Gasteiger partial charge in [-0.15, -0.1) is 5.10 Å². The fourth-order valence-electron chi connectivity index (χ4n) is 3.54. The number of rotatable bonds is 3. The minimum Gasteiger partial charge on any atom is -0.352 e. The van der Waals surface area contributed by atoms with Gasteiger partial charge < -0.3 is 9.80 Å². The number of amides is 1. The lowest BCUT2D eigenvalue weighted by Crippen LogP contribution is -2.48. The van der Waals surface area contributed by atoms with Crippen molar-refractivity contribution in [2.45, 2.75) is 25.7 Å². The number of hydrogen-bond acceptors (Lipinski definition) is 5. The number of fused-ring (bicyclic) bond motifs is 1. The number of carbonyl (C=O) groups is 1. The fraction of sp³-hybridized carbons (Fsp3) is 0.400. The predicted octanol–water partition coefficient (Wildman–Crippen LogP) is 2.11. The molecule has 0 bridgehead atoms. The zero-order valence-electron chi connectivity index (χ0n) is 14.8. The van der Waals surface area contributed by atoms with Crippen molar-refractivity contribution in [2.24, 2.45) is 0 Å². The molecular weight excluding hydrogens is 326 g/mol. The highest BCUT2D eigenvalue weighted by Gasteiger charge is 2.22. The number of piperazine rings is 1. The summed E-state index contributed by atoms with van der Waals surface area (Å²) in [4.78, 5) is 20.5. The van der Waals surface area contributed by atoms with E-state index in [0.29, 0.717) is 13.1 Å². The van der Waals surface area contributed by atoms with Crippen LogP contribution in [0.1, 0.15) is 29.7 Å². The van der Waals surface area contributed by atoms with Crippen LogP contribution in [-0.4, -0.2) is 52.2 Å². The first-order valence-electron chi connectivity index (χ1n) is 9.27. The average molecular weight is 349 g/mol. The van der Waals surface area contributed by atoms with Crippen molar-refractivity contribution < 1.29 is 4.79 Å². The Morgan fingerprint density at radius 1 is 1.08 bits per heavy atom. The van der Waals surface area contributed by atoms with Crippen LogP contribution in [0.2, 0.25) is 0 Å². The summed E-state index contributed by atoms with van der Waals surface area (Å²) in [5.41, 5.74) is 3.44. The van der Waals surface area contributed by atoms with Crippen LogP contribution in [0.15, 0.2) is 36.7 Å². The third-order valence-electron chi connectivity index (χ3n) is 5.07. The topological polar surface area (TPSA) is 62.2 Å². The predicted molar refractivity (Wildman–Crippen MR) is 101 cm³/mol. The average Bonchev–Trinajstić information content (AvgIpc) is 2.72. The SMILES string of the molecule is O=C(C=Cc1cccnc1)N1CCN(c2cc3c(nn2)CCCC3)CC1. The quantitative estimate of drug-likeness (QED) is 0.794. The fourth-order valence-corrected chi connectivity index (χ4v) is 3.54. The molecule has 1 aliphatic heterocycles. The summed E-state index contributed by atoms with van der Waals surface area (Å²) in [7, 11) is 0. The van der Waals surface area contributed by atoms with E-state index in [9.17, 15) is 4.79 Å². The minimum absolute atomic E-state index is 0.0463. The molecule has 26 heavy (non-hydrogen) atoms. The highest BCUT2D eigenvalue weighted by molar-refractivity contribution is 5.91. The van der Waals surface area contributed by atoms with Crippen molar-refractivity contribution in [3.8, 4) is 0 Å². The van der Waals surface area contributed by atoms with E-state index in [0.717, 1.165) is 43.0 Å². The van der Waals surface area contributed by atoms with Crippen molar-refractivity contribution >= 4 is 17.8 Å². The maximum absolute atomic E-state index is 12.4. The van der Waals surface area contributed by atoms with E-state index in [-0.39, 0.29) is 5.91 Å². The minimum atomic E-state index is 0.0463. The summed E-state index contributed by atoms with van der Waals surface area (Å²) in [5.74, 6) is 0.994. The maximum atomic E-state index is 12.4. The van der Waals surface area contributed by atoms with Crippen molar-refractivity contribution in [3.05, 3.63) is 53.5 Å². The maximum Gasteiger partial charge on any atom is 0.246 e. The zero-order chi connectivity index (χ0) is 17.8. The number of aryl methyl sites for hydroxylation is 2. The van der Waals surface area contributed by atoms with E-state index < -0.39 is 0 Å². The molecule has 2 aliphatic rings. The highest BCUT2D eigenvalue weighted by Crippen LogP contribution is 2.23. The van der Waals surface area contributed by atoms with Gasteiger partial charge in [-0.2, -0.15) is 5.10 Å². The molecule has 6 nitrogen and oxygen atoms in total. The van der Waals surface area contributed by atoms with Crippen LogP contribution in [0.25, 0.3) is 6.08 Å². The Morgan fingerprint density at radius 3 is 2.73 bits per heavy atom. The summed E-state index contributed by atoms with van der Waals surface area (Å²) in [6.45, 7) is 2.99. The second-order valence-corrected chi connectivity index (χ2v) is 6.81. The Kier molecular flexibility index (Phi) is 4.91. The van der Waals surface area contributed by atoms with E-state index in [1.165, 1.54) is 18.4 Å². The number of nitrogens with zero attached hydrogens (tertiary/aromatic N) is 5. The molecule has 1 aliphatic carbocycles. The normalized spacial score (nSPS) is 17.4. The van der Waals surface area contributed by atoms with Gasteiger partial charge in [0, 0.05) is 44.6 Å². The molecule has 0 radical (unpaired) electrons. The van der Waals surface area contributed by atoms with Crippen molar-refractivity contribution in [3.63, 3.8) is 0 Å². The van der Waals surface area contributed by atoms with Crippen LogP contribution in [-0.2, 0) is 17.6 Å². The van der Waals surface area contributed by atoms with Crippen LogP contribution in [0, 0.1) is 0 Å². The van der Waals surface area contributed by atoms with Crippen LogP contribution in [0.5, 0.6) is 0 Å². The van der Waals surface area contributed by atoms with Crippen LogP contribution >= 0.6 is 0 Å². The molecule has 0 atom stereocenters. The Hall–Kier alpha value is -2.76. The van der Waals surface area contributed by atoms with E-state index in [1.807, 2.05) is 23.1 Å².